The summed E-state index contributed by atoms with van der Waals surface area (Å²) in [6.07, 6.45) is 0.346. The summed E-state index contributed by atoms with van der Waals surface area (Å²) >= 11 is 1.49. The number of fused-ring (bicyclic) bond motifs is 1. The molecule has 2 N–H and O–H groups in total. The molecule has 90 valence electrons. The topological polar surface area (TPSA) is 91.2 Å². The molecule has 0 bridgehead atoms. The van der Waals surface area contributed by atoms with Crippen LogP contribution >= 0.6 is 11.8 Å². The molecule has 0 saturated carbocycles. The first-order valence-corrected chi connectivity index (χ1v) is 5.91. The van der Waals surface area contributed by atoms with E-state index >= 15 is 0 Å². The van der Waals surface area contributed by atoms with Crippen LogP contribution in [0, 0.1) is 0 Å². The van der Waals surface area contributed by atoms with Gasteiger partial charge in [0.2, 0.25) is 0 Å². The second-order valence-electron chi connectivity index (χ2n) is 3.29. The minimum Gasteiger partial charge on any atom is -0.469 e. The summed E-state index contributed by atoms with van der Waals surface area (Å²) in [7, 11) is 1.37. The third kappa shape index (κ3) is 2.50. The van der Waals surface area contributed by atoms with Crippen LogP contribution < -0.4 is 5.73 Å². The van der Waals surface area contributed by atoms with Crippen LogP contribution in [0.3, 0.4) is 0 Å². The number of nitrogen functional groups attached to an aromatic ring is 1. The van der Waals surface area contributed by atoms with E-state index in [2.05, 4.69) is 19.7 Å². The molecule has 2 aromatic rings. The largest absolute Gasteiger partial charge is 0.469 e. The molecular formula is C10H11N3O3S. The molecule has 1 heterocycles. The minimum atomic E-state index is -0.234. The summed E-state index contributed by atoms with van der Waals surface area (Å²) in [6, 6.07) is 3.58. The first-order valence-electron chi connectivity index (χ1n) is 4.92. The highest BCUT2D eigenvalue weighted by molar-refractivity contribution is 7.99. The lowest BCUT2D eigenvalue weighted by molar-refractivity contribution is -0.140. The van der Waals surface area contributed by atoms with Crippen LogP contribution in [0.4, 0.5) is 5.69 Å². The molecule has 0 radical (unpaired) electrons. The fraction of sp³-hybridized carbons (Fsp3) is 0.300. The first kappa shape index (κ1) is 11.7. The molecule has 0 saturated heterocycles. The lowest BCUT2D eigenvalue weighted by Crippen LogP contribution is -2.01. The standard InChI is InChI=1S/C10H11N3O3S/c1-15-8(14)4-5-17-7-3-2-6(11)9-10(7)13-16-12-9/h2-3H,4-5,11H2,1H3. The smallest absolute Gasteiger partial charge is 0.306 e. The van der Waals surface area contributed by atoms with Crippen LogP contribution in [0.25, 0.3) is 11.0 Å². The third-order valence-electron chi connectivity index (χ3n) is 2.20. The molecule has 0 amide bonds. The van der Waals surface area contributed by atoms with E-state index in [-0.39, 0.29) is 5.97 Å². The van der Waals surface area contributed by atoms with Gasteiger partial charge in [-0.15, -0.1) is 11.8 Å². The van der Waals surface area contributed by atoms with Crippen LogP contribution in [0.2, 0.25) is 0 Å². The quantitative estimate of drug-likeness (QED) is 0.501. The van der Waals surface area contributed by atoms with Gasteiger partial charge < -0.3 is 10.5 Å². The number of benzene rings is 1. The highest BCUT2D eigenvalue weighted by Crippen LogP contribution is 2.29. The normalized spacial score (nSPS) is 10.6. The minimum absolute atomic E-state index is 0.234. The molecule has 1 aromatic carbocycles. The Balaban J connectivity index is 2.11. The number of anilines is 1. The van der Waals surface area contributed by atoms with Crippen molar-refractivity contribution in [2.24, 2.45) is 0 Å². The van der Waals surface area contributed by atoms with Crippen LogP contribution in [0.15, 0.2) is 21.7 Å². The van der Waals surface area contributed by atoms with Gasteiger partial charge in [0.15, 0.2) is 11.0 Å². The van der Waals surface area contributed by atoms with Crippen molar-refractivity contribution in [1.29, 1.82) is 0 Å². The van der Waals surface area contributed by atoms with Gasteiger partial charge in [-0.25, -0.2) is 4.63 Å². The number of nitrogens with two attached hydrogens (primary N) is 1. The summed E-state index contributed by atoms with van der Waals surface area (Å²) in [5.74, 6) is 0.376. The zero-order chi connectivity index (χ0) is 12.3. The van der Waals surface area contributed by atoms with Gasteiger partial charge in [0, 0.05) is 10.6 Å². The second-order valence-corrected chi connectivity index (χ2v) is 4.43. The van der Waals surface area contributed by atoms with Crippen LogP contribution in [0.1, 0.15) is 6.42 Å². The van der Waals surface area contributed by atoms with Crippen molar-refractivity contribution in [1.82, 2.24) is 10.3 Å². The van der Waals surface area contributed by atoms with E-state index in [1.54, 1.807) is 6.07 Å². The lowest BCUT2D eigenvalue weighted by Gasteiger charge is -2.02. The predicted octanol–water partition coefficient (Wildman–Crippen LogP) is 1.46. The van der Waals surface area contributed by atoms with E-state index in [1.807, 2.05) is 6.07 Å². The van der Waals surface area contributed by atoms with Crippen molar-refractivity contribution in [2.75, 3.05) is 18.6 Å². The van der Waals surface area contributed by atoms with Crippen molar-refractivity contribution >= 4 is 34.5 Å². The molecule has 2 rings (SSSR count). The zero-order valence-corrected chi connectivity index (χ0v) is 9.99. The van der Waals surface area contributed by atoms with E-state index in [1.165, 1.54) is 18.9 Å². The average molecular weight is 253 g/mol. The Morgan fingerprint density at radius 1 is 1.47 bits per heavy atom. The van der Waals surface area contributed by atoms with Gasteiger partial charge >= 0.3 is 5.97 Å². The number of methoxy groups -OCH3 is 1. The number of rotatable bonds is 4. The van der Waals surface area contributed by atoms with Crippen molar-refractivity contribution in [3.8, 4) is 0 Å². The van der Waals surface area contributed by atoms with E-state index in [0.717, 1.165) is 4.90 Å². The Bertz CT molecular complexity index is 541. The molecule has 1 aromatic heterocycles. The maximum Gasteiger partial charge on any atom is 0.306 e. The SMILES string of the molecule is COC(=O)CCSc1ccc(N)c2nonc12. The maximum atomic E-state index is 11.0. The van der Waals surface area contributed by atoms with Gasteiger partial charge in [-0.3, -0.25) is 4.79 Å². The number of nitrogens with zero attached hydrogens (tertiary/aromatic N) is 2. The Morgan fingerprint density at radius 2 is 2.24 bits per heavy atom. The van der Waals surface area contributed by atoms with Gasteiger partial charge in [0.25, 0.3) is 0 Å². The molecule has 7 heteroatoms. The lowest BCUT2D eigenvalue weighted by atomic mass is 10.3. The summed E-state index contributed by atoms with van der Waals surface area (Å²) in [6.45, 7) is 0. The number of carbonyl (C=O) groups is 1. The fourth-order valence-electron chi connectivity index (χ4n) is 1.33. The maximum absolute atomic E-state index is 11.0. The molecule has 0 aliphatic rings. The van der Waals surface area contributed by atoms with Crippen LogP contribution in [-0.4, -0.2) is 29.1 Å². The summed E-state index contributed by atoms with van der Waals surface area (Å²) in [5, 5.41) is 7.52. The third-order valence-corrected chi connectivity index (χ3v) is 3.25. The number of ether oxygens (including phenoxy) is 1. The van der Waals surface area contributed by atoms with E-state index in [0.29, 0.717) is 28.9 Å². The molecule has 6 nitrogen and oxygen atoms in total. The number of esters is 1. The number of hydrogen-bond donors (Lipinski definition) is 1. The number of carbonyl (C=O) groups excluding carboxylic acids is 1. The van der Waals surface area contributed by atoms with Crippen LogP contribution in [0.5, 0.6) is 0 Å². The zero-order valence-electron chi connectivity index (χ0n) is 9.17. The summed E-state index contributed by atoms with van der Waals surface area (Å²) < 4.78 is 9.21. The van der Waals surface area contributed by atoms with Gasteiger partial charge in [-0.1, -0.05) is 0 Å². The first-order chi connectivity index (χ1) is 8.22. The van der Waals surface area contributed by atoms with Gasteiger partial charge in [0.1, 0.15) is 0 Å². The highest BCUT2D eigenvalue weighted by atomic mass is 32.2. The Morgan fingerprint density at radius 3 is 3.00 bits per heavy atom. The highest BCUT2D eigenvalue weighted by Gasteiger charge is 2.11. The molecule has 0 fully saturated rings. The van der Waals surface area contributed by atoms with E-state index in [4.69, 9.17) is 5.73 Å². The van der Waals surface area contributed by atoms with Crippen molar-refractivity contribution in [3.05, 3.63) is 12.1 Å². The van der Waals surface area contributed by atoms with Crippen molar-refractivity contribution < 1.29 is 14.2 Å². The van der Waals surface area contributed by atoms with Gasteiger partial charge in [0.05, 0.1) is 19.2 Å². The molecule has 0 atom stereocenters. The second kappa shape index (κ2) is 5.05. The molecule has 0 aliphatic heterocycles. The molecule has 0 spiro atoms. The number of thioether (sulfide) groups is 1. The molecule has 0 aliphatic carbocycles. The molecule has 17 heavy (non-hydrogen) atoms. The number of hydrogen-bond acceptors (Lipinski definition) is 7. The van der Waals surface area contributed by atoms with Crippen LogP contribution in [-0.2, 0) is 9.53 Å². The Labute approximate surface area is 101 Å². The van der Waals surface area contributed by atoms with Gasteiger partial charge in [-0.2, -0.15) is 0 Å². The molecular weight excluding hydrogens is 242 g/mol. The van der Waals surface area contributed by atoms with Crippen molar-refractivity contribution in [3.63, 3.8) is 0 Å². The summed E-state index contributed by atoms with van der Waals surface area (Å²) in [4.78, 5) is 11.9. The fourth-order valence-corrected chi connectivity index (χ4v) is 2.25. The van der Waals surface area contributed by atoms with E-state index < -0.39 is 0 Å². The number of aromatic nitrogens is 2. The predicted molar refractivity (Wildman–Crippen MR) is 63.6 cm³/mol. The van der Waals surface area contributed by atoms with E-state index in [9.17, 15) is 4.79 Å². The van der Waals surface area contributed by atoms with Gasteiger partial charge in [-0.05, 0) is 22.4 Å². The Kier molecular flexibility index (Phi) is 3.48. The molecule has 0 unspecified atom stereocenters. The Hall–Kier alpha value is -1.76. The summed E-state index contributed by atoms with van der Waals surface area (Å²) in [5.41, 5.74) is 7.42. The average Bonchev–Trinajstić information content (AvgIpc) is 2.82. The monoisotopic (exact) mass is 253 g/mol. The van der Waals surface area contributed by atoms with Crippen molar-refractivity contribution in [2.45, 2.75) is 11.3 Å².